The first kappa shape index (κ1) is 22.8. The van der Waals surface area contributed by atoms with Crippen molar-refractivity contribution in [3.8, 4) is 11.1 Å². The number of rotatable bonds is 10. The summed E-state index contributed by atoms with van der Waals surface area (Å²) in [6.07, 6.45) is 0.557. The Morgan fingerprint density at radius 3 is 2.23 bits per heavy atom. The lowest BCUT2D eigenvalue weighted by molar-refractivity contribution is -0.139. The van der Waals surface area contributed by atoms with Gasteiger partial charge >= 0.3 is 12.1 Å². The summed E-state index contributed by atoms with van der Waals surface area (Å²) < 4.78 is 25.5. The van der Waals surface area contributed by atoms with Crippen LogP contribution in [0.2, 0.25) is 0 Å². The molecule has 2 aromatic rings. The summed E-state index contributed by atoms with van der Waals surface area (Å²) in [6, 6.07) is 14.6. The maximum absolute atomic E-state index is 12.3. The summed E-state index contributed by atoms with van der Waals surface area (Å²) in [5, 5.41) is 11.8. The molecule has 2 atom stereocenters. The number of ether oxygens (including phenoxy) is 1. The molecule has 8 heteroatoms. The van der Waals surface area contributed by atoms with E-state index in [2.05, 4.69) is 5.32 Å². The molecule has 0 fully saturated rings. The molecule has 0 heterocycles. The van der Waals surface area contributed by atoms with E-state index in [4.69, 9.17) is 9.52 Å². The summed E-state index contributed by atoms with van der Waals surface area (Å²) in [6.45, 7) is 2.02. The fourth-order valence-electron chi connectivity index (χ4n) is 3.83. The summed E-state index contributed by atoms with van der Waals surface area (Å²) in [4.78, 5) is 23.8. The Morgan fingerprint density at radius 1 is 1.10 bits per heavy atom. The third-order valence-corrected chi connectivity index (χ3v) is 7.34. The lowest BCUT2D eigenvalue weighted by Gasteiger charge is -2.18. The van der Waals surface area contributed by atoms with Gasteiger partial charge in [0.2, 0.25) is 0 Å². The molecule has 2 aromatic carbocycles. The molecule has 31 heavy (non-hydrogen) atoms. The fourth-order valence-corrected chi connectivity index (χ4v) is 5.40. The molecular weight excluding hydrogens is 416 g/mol. The van der Waals surface area contributed by atoms with Crippen molar-refractivity contribution in [1.82, 2.24) is 5.32 Å². The highest BCUT2D eigenvalue weighted by atomic mass is 32.2. The van der Waals surface area contributed by atoms with Gasteiger partial charge in [-0.3, -0.25) is 4.78 Å². The van der Waals surface area contributed by atoms with E-state index in [1.165, 1.54) is 0 Å². The number of carbonyl (C=O) groups is 2. The second kappa shape index (κ2) is 9.96. The lowest BCUT2D eigenvalue weighted by atomic mass is 9.98. The molecule has 0 spiro atoms. The van der Waals surface area contributed by atoms with Gasteiger partial charge in [-0.1, -0.05) is 61.9 Å². The zero-order valence-corrected chi connectivity index (χ0v) is 18.3. The highest BCUT2D eigenvalue weighted by Crippen LogP contribution is 2.44. The predicted octanol–water partition coefficient (Wildman–Crippen LogP) is 4.22. The summed E-state index contributed by atoms with van der Waals surface area (Å²) >= 11 is 0. The topological polar surface area (TPSA) is 117 Å². The van der Waals surface area contributed by atoms with Gasteiger partial charge in [0.25, 0.3) is 0 Å². The van der Waals surface area contributed by atoms with Crippen LogP contribution in [0.4, 0.5) is 4.79 Å². The van der Waals surface area contributed by atoms with Crippen molar-refractivity contribution in [2.24, 2.45) is 0 Å². The number of carboxylic acids is 1. The fraction of sp³-hybridized carbons (Fsp3) is 0.391. The van der Waals surface area contributed by atoms with Gasteiger partial charge in [0.15, 0.2) is 0 Å². The lowest BCUT2D eigenvalue weighted by Crippen LogP contribution is -2.42. The van der Waals surface area contributed by atoms with Crippen LogP contribution in [0.3, 0.4) is 0 Å². The second-order valence-electron chi connectivity index (χ2n) is 7.72. The first-order valence-electron chi connectivity index (χ1n) is 10.4. The molecule has 1 aliphatic carbocycles. The third kappa shape index (κ3) is 5.64. The second-order valence-corrected chi connectivity index (χ2v) is 10.2. The van der Waals surface area contributed by atoms with Crippen LogP contribution in [0.1, 0.15) is 43.2 Å². The van der Waals surface area contributed by atoms with Crippen molar-refractivity contribution in [1.29, 1.82) is 4.78 Å². The smallest absolute Gasteiger partial charge is 0.407 e. The minimum Gasteiger partial charge on any atom is -0.480 e. The van der Waals surface area contributed by atoms with E-state index in [1.807, 2.05) is 55.5 Å². The molecule has 1 unspecified atom stereocenters. The Morgan fingerprint density at radius 2 is 1.68 bits per heavy atom. The predicted molar refractivity (Wildman–Crippen MR) is 120 cm³/mol. The van der Waals surface area contributed by atoms with Crippen molar-refractivity contribution < 1.29 is 23.6 Å². The van der Waals surface area contributed by atoms with Gasteiger partial charge in [-0.15, -0.1) is 0 Å². The molecule has 3 N–H and O–H groups in total. The highest BCUT2D eigenvalue weighted by Gasteiger charge is 2.30. The largest absolute Gasteiger partial charge is 0.480 e. The number of amides is 1. The van der Waals surface area contributed by atoms with Crippen LogP contribution >= 0.6 is 0 Å². The molecule has 0 bridgehead atoms. The van der Waals surface area contributed by atoms with Gasteiger partial charge in [-0.2, -0.15) is 0 Å². The molecule has 1 aliphatic rings. The number of alkyl carbamates (subject to hydrolysis) is 1. The Labute approximate surface area is 182 Å². The van der Waals surface area contributed by atoms with Crippen LogP contribution in [0.25, 0.3) is 11.1 Å². The van der Waals surface area contributed by atoms with Crippen LogP contribution in [0.5, 0.6) is 0 Å². The number of carbonyl (C=O) groups excluding carboxylic acids is 1. The van der Waals surface area contributed by atoms with Crippen molar-refractivity contribution in [2.75, 3.05) is 18.1 Å². The summed E-state index contributed by atoms with van der Waals surface area (Å²) in [5.41, 5.74) is 4.34. The maximum atomic E-state index is 12.3. The molecule has 166 valence electrons. The van der Waals surface area contributed by atoms with Crippen LogP contribution in [-0.2, 0) is 19.3 Å². The van der Waals surface area contributed by atoms with Gasteiger partial charge in [0, 0.05) is 27.2 Å². The minimum atomic E-state index is -2.86. The SMILES string of the molecule is CCCCS(=N)(=O)CC[C@H](NC(=O)OCC1c2ccccc2-c2ccccc21)C(=O)O. The van der Waals surface area contributed by atoms with E-state index >= 15 is 0 Å². The van der Waals surface area contributed by atoms with E-state index in [9.17, 15) is 18.9 Å². The number of hydrogen-bond acceptors (Lipinski definition) is 5. The quantitative estimate of drug-likeness (QED) is 0.507. The minimum absolute atomic E-state index is 0.0758. The summed E-state index contributed by atoms with van der Waals surface area (Å²) in [5.74, 6) is -1.20. The monoisotopic (exact) mass is 444 g/mol. The maximum Gasteiger partial charge on any atom is 0.407 e. The standard InChI is InChI=1S/C23H28N2O5S/c1-2-3-13-31(24,29)14-12-21(22(26)27)25-23(28)30-15-20-18-10-6-4-8-16(18)17-9-5-7-11-19(17)20/h4-11,20-21,24H,2-3,12-15H2,1H3,(H,25,28)(H,26,27)/t21-,31?/m0/s1. The van der Waals surface area contributed by atoms with Crippen LogP contribution in [-0.4, -0.2) is 45.5 Å². The molecule has 0 saturated carbocycles. The van der Waals surface area contributed by atoms with Gasteiger partial charge in [-0.25, -0.2) is 13.8 Å². The number of fused-ring (bicyclic) bond motifs is 3. The van der Waals surface area contributed by atoms with E-state index in [0.717, 1.165) is 28.7 Å². The van der Waals surface area contributed by atoms with E-state index in [0.29, 0.717) is 6.42 Å². The van der Waals surface area contributed by atoms with Crippen molar-refractivity contribution in [3.63, 3.8) is 0 Å². The number of unbranched alkanes of at least 4 members (excludes halogenated alkanes) is 1. The molecule has 7 nitrogen and oxygen atoms in total. The Kier molecular flexibility index (Phi) is 7.33. The highest BCUT2D eigenvalue weighted by molar-refractivity contribution is 7.92. The number of aliphatic carboxylic acids is 1. The van der Waals surface area contributed by atoms with Gasteiger partial charge in [-0.05, 0) is 35.1 Å². The van der Waals surface area contributed by atoms with Gasteiger partial charge < -0.3 is 15.2 Å². The zero-order valence-electron chi connectivity index (χ0n) is 17.5. The molecule has 0 radical (unpaired) electrons. The zero-order chi connectivity index (χ0) is 22.4. The third-order valence-electron chi connectivity index (χ3n) is 5.50. The molecule has 0 aliphatic heterocycles. The molecular formula is C23H28N2O5S. The Balaban J connectivity index is 1.60. The van der Waals surface area contributed by atoms with E-state index in [1.54, 1.807) is 0 Å². The molecule has 3 rings (SSSR count). The first-order chi connectivity index (χ1) is 14.8. The number of nitrogens with one attached hydrogen (secondary N) is 2. The number of carboxylic acid groups (broad SMARTS) is 1. The van der Waals surface area contributed by atoms with E-state index < -0.39 is 27.8 Å². The van der Waals surface area contributed by atoms with Gasteiger partial charge in [0.05, 0.1) is 0 Å². The van der Waals surface area contributed by atoms with E-state index in [-0.39, 0.29) is 30.5 Å². The molecule has 1 amide bonds. The Hall–Kier alpha value is -2.87. The van der Waals surface area contributed by atoms with Crippen molar-refractivity contribution in [2.45, 2.75) is 38.1 Å². The number of benzene rings is 2. The summed E-state index contributed by atoms with van der Waals surface area (Å²) in [7, 11) is -2.86. The van der Waals surface area contributed by atoms with Gasteiger partial charge in [0.1, 0.15) is 12.6 Å². The average Bonchev–Trinajstić information content (AvgIpc) is 3.07. The average molecular weight is 445 g/mol. The van der Waals surface area contributed by atoms with Crippen LogP contribution in [0.15, 0.2) is 48.5 Å². The molecule has 0 aromatic heterocycles. The Bertz CT molecular complexity index is 1010. The first-order valence-corrected chi connectivity index (χ1v) is 12.3. The van der Waals surface area contributed by atoms with Crippen LogP contribution < -0.4 is 5.32 Å². The number of hydrogen-bond donors (Lipinski definition) is 3. The normalized spacial score (nSPS) is 15.4. The van der Waals surface area contributed by atoms with Crippen LogP contribution in [0, 0.1) is 4.78 Å². The molecule has 0 saturated heterocycles. The van der Waals surface area contributed by atoms with Crippen molar-refractivity contribution >= 4 is 21.8 Å². The van der Waals surface area contributed by atoms with Crippen molar-refractivity contribution in [3.05, 3.63) is 59.7 Å².